The third-order valence-electron chi connectivity index (χ3n) is 1.95. The minimum Gasteiger partial charge on any atom is -0.238 e. The monoisotopic (exact) mass is 238 g/mol. The van der Waals surface area contributed by atoms with E-state index in [-0.39, 0.29) is 5.91 Å². The van der Waals surface area contributed by atoms with Gasteiger partial charge >= 0.3 is 5.91 Å². The maximum atomic E-state index is 11.7. The van der Waals surface area contributed by atoms with Crippen LogP contribution >= 0.6 is 22.9 Å². The molecule has 0 aliphatic rings. The molecule has 1 heterocycles. The normalized spacial score (nSPS) is 10.2. The molecule has 0 aliphatic heterocycles. The lowest BCUT2D eigenvalue weighted by atomic mass is 10.2. The van der Waals surface area contributed by atoms with E-state index in [0.29, 0.717) is 10.6 Å². The molecule has 76 valence electrons. The number of hydrogen-bond donors (Lipinski definition) is 1. The molecule has 2 rings (SSSR count). The van der Waals surface area contributed by atoms with Crippen molar-refractivity contribution >= 4 is 33.8 Å². The number of primary amides is 1. The number of nitrogens with two attached hydrogens (primary N) is 1. The number of quaternary nitrogens is 1. The van der Waals surface area contributed by atoms with Gasteiger partial charge in [-0.1, -0.05) is 22.9 Å². The lowest BCUT2D eigenvalue weighted by Crippen LogP contribution is -2.81. The number of halogens is 1. The van der Waals surface area contributed by atoms with Crippen LogP contribution in [-0.4, -0.2) is 5.91 Å². The van der Waals surface area contributed by atoms with Crippen LogP contribution in [0.4, 0.5) is 5.00 Å². The van der Waals surface area contributed by atoms with Crippen LogP contribution in [0.3, 0.4) is 0 Å². The van der Waals surface area contributed by atoms with Crippen molar-refractivity contribution in [2.45, 2.75) is 0 Å². The number of amides is 1. The molecule has 0 bridgehead atoms. The summed E-state index contributed by atoms with van der Waals surface area (Å²) in [6.45, 7) is 0. The highest BCUT2D eigenvalue weighted by Gasteiger charge is 2.11. The molecule has 0 spiro atoms. The second-order valence-corrected chi connectivity index (χ2v) is 4.45. The summed E-state index contributed by atoms with van der Waals surface area (Å²) in [6, 6.07) is 10.7. The molecule has 1 aromatic carbocycles. The highest BCUT2D eigenvalue weighted by atomic mass is 35.5. The van der Waals surface area contributed by atoms with Crippen LogP contribution in [0.2, 0.25) is 5.02 Å². The Hall–Kier alpha value is -1.16. The second kappa shape index (κ2) is 4.57. The van der Waals surface area contributed by atoms with Crippen LogP contribution in [0.1, 0.15) is 10.4 Å². The zero-order valence-electron chi connectivity index (χ0n) is 7.81. The highest BCUT2D eigenvalue weighted by molar-refractivity contribution is 7.13. The standard InChI is InChI=1S/C11H8ClNOS/c12-9-5-3-8(4-6-9)11(14)13-10-2-1-7-15-10/h1-7H,(H,13,14)/p+1. The van der Waals surface area contributed by atoms with Crippen molar-refractivity contribution in [2.24, 2.45) is 0 Å². The van der Waals surface area contributed by atoms with Crippen molar-refractivity contribution in [3.05, 3.63) is 52.4 Å². The summed E-state index contributed by atoms with van der Waals surface area (Å²) in [5.74, 6) is 0.00844. The lowest BCUT2D eigenvalue weighted by Gasteiger charge is -1.96. The molecule has 1 amide bonds. The molecular formula is C11H9ClNOS+. The zero-order chi connectivity index (χ0) is 10.7. The molecule has 2 aromatic rings. The molecule has 4 heteroatoms. The molecule has 2 N–H and O–H groups in total. The number of hydrogen-bond acceptors (Lipinski definition) is 2. The number of benzene rings is 1. The van der Waals surface area contributed by atoms with Gasteiger partial charge in [-0.2, -0.15) is 0 Å². The fourth-order valence-electron chi connectivity index (χ4n) is 1.20. The summed E-state index contributed by atoms with van der Waals surface area (Å²) in [4.78, 5) is 11.7. The summed E-state index contributed by atoms with van der Waals surface area (Å²) >= 11 is 7.29. The van der Waals surface area contributed by atoms with Gasteiger partial charge in [0.25, 0.3) is 0 Å². The van der Waals surface area contributed by atoms with Crippen LogP contribution in [0.15, 0.2) is 41.8 Å². The van der Waals surface area contributed by atoms with Crippen molar-refractivity contribution in [2.75, 3.05) is 0 Å². The fourth-order valence-corrected chi connectivity index (χ4v) is 1.97. The molecule has 0 atom stereocenters. The van der Waals surface area contributed by atoms with Gasteiger partial charge in [-0.3, -0.25) is 0 Å². The third kappa shape index (κ3) is 2.65. The van der Waals surface area contributed by atoms with E-state index in [2.05, 4.69) is 0 Å². The van der Waals surface area contributed by atoms with Gasteiger partial charge in [0.2, 0.25) is 0 Å². The Balaban J connectivity index is 2.11. The predicted molar refractivity (Wildman–Crippen MR) is 61.7 cm³/mol. The maximum absolute atomic E-state index is 11.7. The number of rotatable bonds is 2. The van der Waals surface area contributed by atoms with E-state index in [1.165, 1.54) is 0 Å². The van der Waals surface area contributed by atoms with Crippen LogP contribution < -0.4 is 5.32 Å². The van der Waals surface area contributed by atoms with Crippen LogP contribution in [0, 0.1) is 0 Å². The number of carbonyl (C=O) groups excluding carboxylic acids is 1. The first kappa shape index (κ1) is 10.4. The maximum Gasteiger partial charge on any atom is 0.348 e. The summed E-state index contributed by atoms with van der Waals surface area (Å²) < 4.78 is 0. The average Bonchev–Trinajstić information content (AvgIpc) is 2.71. The summed E-state index contributed by atoms with van der Waals surface area (Å²) in [5, 5.41) is 5.19. The molecular weight excluding hydrogens is 230 g/mol. The van der Waals surface area contributed by atoms with Crippen molar-refractivity contribution in [1.29, 1.82) is 0 Å². The molecule has 0 radical (unpaired) electrons. The smallest absolute Gasteiger partial charge is 0.238 e. The van der Waals surface area contributed by atoms with E-state index in [1.54, 1.807) is 40.9 Å². The predicted octanol–water partition coefficient (Wildman–Crippen LogP) is 2.44. The van der Waals surface area contributed by atoms with Gasteiger partial charge in [0.05, 0.1) is 5.56 Å². The molecule has 1 aromatic heterocycles. The van der Waals surface area contributed by atoms with Crippen molar-refractivity contribution < 1.29 is 10.1 Å². The fraction of sp³-hybridized carbons (Fsp3) is 0. The van der Waals surface area contributed by atoms with Crippen molar-refractivity contribution in [3.8, 4) is 0 Å². The van der Waals surface area contributed by atoms with Gasteiger partial charge in [-0.25, -0.2) is 10.1 Å². The molecule has 0 aliphatic carbocycles. The van der Waals surface area contributed by atoms with E-state index in [0.717, 1.165) is 5.00 Å². The van der Waals surface area contributed by atoms with Crippen molar-refractivity contribution in [3.63, 3.8) is 0 Å². The summed E-state index contributed by atoms with van der Waals surface area (Å²) in [5.41, 5.74) is 0.660. The minimum atomic E-state index is 0.00844. The molecule has 0 saturated heterocycles. The second-order valence-electron chi connectivity index (χ2n) is 3.03. The molecule has 15 heavy (non-hydrogen) atoms. The van der Waals surface area contributed by atoms with Gasteiger partial charge in [0.15, 0.2) is 5.00 Å². The number of thiophene rings is 1. The Morgan fingerprint density at radius 2 is 1.93 bits per heavy atom. The zero-order valence-corrected chi connectivity index (χ0v) is 9.39. The Morgan fingerprint density at radius 1 is 1.20 bits per heavy atom. The SMILES string of the molecule is O=C([NH2+]c1cccs1)c1ccc(Cl)cc1. The van der Waals surface area contributed by atoms with Gasteiger partial charge in [-0.15, -0.1) is 0 Å². The topological polar surface area (TPSA) is 33.7 Å². The number of carbonyl (C=O) groups is 1. The Labute approximate surface area is 96.5 Å². The first-order chi connectivity index (χ1) is 7.25. The Kier molecular flexibility index (Phi) is 3.16. The van der Waals surface area contributed by atoms with E-state index in [4.69, 9.17) is 11.6 Å². The van der Waals surface area contributed by atoms with Gasteiger partial charge in [-0.05, 0) is 35.7 Å². The van der Waals surface area contributed by atoms with E-state index < -0.39 is 0 Å². The largest absolute Gasteiger partial charge is 0.348 e. The first-order valence-corrected chi connectivity index (χ1v) is 5.69. The molecule has 0 unspecified atom stereocenters. The quantitative estimate of drug-likeness (QED) is 0.857. The highest BCUT2D eigenvalue weighted by Crippen LogP contribution is 2.10. The van der Waals surface area contributed by atoms with Crippen LogP contribution in [-0.2, 0) is 0 Å². The summed E-state index contributed by atoms with van der Waals surface area (Å²) in [7, 11) is 0. The Morgan fingerprint density at radius 3 is 2.53 bits per heavy atom. The van der Waals surface area contributed by atoms with Crippen molar-refractivity contribution in [1.82, 2.24) is 0 Å². The van der Waals surface area contributed by atoms with Crippen LogP contribution in [0.25, 0.3) is 0 Å². The van der Waals surface area contributed by atoms with Gasteiger partial charge in [0.1, 0.15) is 0 Å². The third-order valence-corrected chi connectivity index (χ3v) is 3.02. The average molecular weight is 239 g/mol. The lowest BCUT2D eigenvalue weighted by molar-refractivity contribution is -0.459. The molecule has 0 saturated carbocycles. The van der Waals surface area contributed by atoms with Crippen LogP contribution in [0.5, 0.6) is 0 Å². The van der Waals surface area contributed by atoms with Gasteiger partial charge in [0, 0.05) is 11.1 Å². The summed E-state index contributed by atoms with van der Waals surface area (Å²) in [6.07, 6.45) is 0. The Bertz CT molecular complexity index is 450. The van der Waals surface area contributed by atoms with Gasteiger partial charge < -0.3 is 0 Å². The van der Waals surface area contributed by atoms with E-state index in [1.807, 2.05) is 17.5 Å². The molecule has 2 nitrogen and oxygen atoms in total. The minimum absolute atomic E-state index is 0.00844. The molecule has 0 fully saturated rings. The van der Waals surface area contributed by atoms with E-state index in [9.17, 15) is 4.79 Å². The first-order valence-electron chi connectivity index (χ1n) is 4.44. The van der Waals surface area contributed by atoms with E-state index >= 15 is 0 Å².